The van der Waals surface area contributed by atoms with Crippen LogP contribution in [0.1, 0.15) is 12.5 Å². The number of sulfonamides is 1. The lowest BCUT2D eigenvalue weighted by Gasteiger charge is -2.12. The van der Waals surface area contributed by atoms with Gasteiger partial charge in [0.05, 0.1) is 24.8 Å². The first-order valence-corrected chi connectivity index (χ1v) is 8.02. The van der Waals surface area contributed by atoms with Crippen molar-refractivity contribution < 1.29 is 17.9 Å². The Labute approximate surface area is 118 Å². The molecule has 0 fully saturated rings. The number of nitrogens with one attached hydrogen (secondary N) is 1. The van der Waals surface area contributed by atoms with E-state index in [1.54, 1.807) is 18.2 Å². The Morgan fingerprint density at radius 3 is 2.68 bits per heavy atom. The van der Waals surface area contributed by atoms with Crippen LogP contribution in [0.25, 0.3) is 0 Å². The van der Waals surface area contributed by atoms with E-state index in [1.165, 1.54) is 7.11 Å². The van der Waals surface area contributed by atoms with Crippen molar-refractivity contribution in [2.75, 3.05) is 30.8 Å². The fraction of sp³-hybridized carbons (Fsp3) is 0.500. The first kappa shape index (κ1) is 16.1. The third-order valence-corrected chi connectivity index (χ3v) is 3.87. The third-order valence-electron chi connectivity index (χ3n) is 2.33. The quantitative estimate of drug-likeness (QED) is 0.748. The molecular formula is C12H18ClNO4S. The number of ether oxygens (including phenoxy) is 2. The van der Waals surface area contributed by atoms with Crippen molar-refractivity contribution >= 4 is 27.3 Å². The molecule has 0 heterocycles. The van der Waals surface area contributed by atoms with Crippen LogP contribution >= 0.6 is 11.6 Å². The van der Waals surface area contributed by atoms with Crippen LogP contribution < -0.4 is 9.46 Å². The third kappa shape index (κ3) is 5.26. The first-order valence-electron chi connectivity index (χ1n) is 5.83. The summed E-state index contributed by atoms with van der Waals surface area (Å²) in [5.74, 6) is 0.827. The summed E-state index contributed by atoms with van der Waals surface area (Å²) < 4.78 is 36.0. The van der Waals surface area contributed by atoms with Gasteiger partial charge >= 0.3 is 0 Å². The normalized spacial score (nSPS) is 11.3. The highest BCUT2D eigenvalue weighted by atomic mass is 35.5. The summed E-state index contributed by atoms with van der Waals surface area (Å²) in [7, 11) is -1.95. The van der Waals surface area contributed by atoms with Crippen LogP contribution in [0, 0.1) is 0 Å². The Balaban J connectivity index is 2.85. The molecule has 1 rings (SSSR count). The Morgan fingerprint density at radius 2 is 2.11 bits per heavy atom. The van der Waals surface area contributed by atoms with E-state index in [1.807, 2.05) is 6.92 Å². The minimum atomic E-state index is -3.41. The molecular weight excluding hydrogens is 290 g/mol. The highest BCUT2D eigenvalue weighted by Crippen LogP contribution is 2.25. The monoisotopic (exact) mass is 307 g/mol. The smallest absolute Gasteiger partial charge is 0.234 e. The number of halogens is 1. The lowest BCUT2D eigenvalue weighted by Crippen LogP contribution is -2.19. The van der Waals surface area contributed by atoms with Gasteiger partial charge in [-0.15, -0.1) is 11.6 Å². The zero-order chi connectivity index (χ0) is 14.3. The van der Waals surface area contributed by atoms with E-state index >= 15 is 0 Å². The van der Waals surface area contributed by atoms with Crippen molar-refractivity contribution in [2.24, 2.45) is 0 Å². The SMILES string of the molecule is CCOc1ccc(NS(=O)(=O)CCOC)cc1CCl. The Morgan fingerprint density at radius 1 is 1.37 bits per heavy atom. The van der Waals surface area contributed by atoms with Crippen molar-refractivity contribution in [3.05, 3.63) is 23.8 Å². The zero-order valence-electron chi connectivity index (χ0n) is 11.0. The molecule has 0 amide bonds. The van der Waals surface area contributed by atoms with Gasteiger partial charge in [-0.25, -0.2) is 8.42 Å². The second-order valence-corrected chi connectivity index (χ2v) is 5.91. The van der Waals surface area contributed by atoms with Crippen LogP contribution in [-0.4, -0.2) is 34.5 Å². The average Bonchev–Trinajstić information content (AvgIpc) is 2.38. The fourth-order valence-electron chi connectivity index (χ4n) is 1.47. The molecule has 5 nitrogen and oxygen atoms in total. The van der Waals surface area contributed by atoms with Crippen molar-refractivity contribution in [1.29, 1.82) is 0 Å². The summed E-state index contributed by atoms with van der Waals surface area (Å²) in [6, 6.07) is 5.02. The summed E-state index contributed by atoms with van der Waals surface area (Å²) in [5.41, 5.74) is 1.21. The summed E-state index contributed by atoms with van der Waals surface area (Å²) in [4.78, 5) is 0. The molecule has 0 aliphatic heterocycles. The van der Waals surface area contributed by atoms with Gasteiger partial charge in [0.1, 0.15) is 5.75 Å². The van der Waals surface area contributed by atoms with Gasteiger partial charge < -0.3 is 9.47 Å². The van der Waals surface area contributed by atoms with Crippen LogP contribution in [0.4, 0.5) is 5.69 Å². The molecule has 0 aliphatic rings. The molecule has 0 unspecified atom stereocenters. The van der Waals surface area contributed by atoms with E-state index in [9.17, 15) is 8.42 Å². The van der Waals surface area contributed by atoms with Gasteiger partial charge in [0, 0.05) is 18.4 Å². The van der Waals surface area contributed by atoms with Gasteiger partial charge in [-0.3, -0.25) is 4.72 Å². The molecule has 7 heteroatoms. The van der Waals surface area contributed by atoms with E-state index in [0.717, 1.165) is 5.56 Å². The summed E-state index contributed by atoms with van der Waals surface area (Å²) in [6.07, 6.45) is 0. The van der Waals surface area contributed by atoms with E-state index in [0.29, 0.717) is 18.0 Å². The van der Waals surface area contributed by atoms with Gasteiger partial charge in [-0.1, -0.05) is 0 Å². The number of hydrogen-bond acceptors (Lipinski definition) is 4. The fourth-order valence-corrected chi connectivity index (χ4v) is 2.65. The van der Waals surface area contributed by atoms with Crippen molar-refractivity contribution in [3.63, 3.8) is 0 Å². The molecule has 1 N–H and O–H groups in total. The Bertz CT molecular complexity index is 504. The molecule has 1 aromatic rings. The van der Waals surface area contributed by atoms with Gasteiger partial charge in [0.15, 0.2) is 0 Å². The van der Waals surface area contributed by atoms with Crippen LogP contribution in [0.2, 0.25) is 0 Å². The molecule has 0 saturated carbocycles. The molecule has 19 heavy (non-hydrogen) atoms. The van der Waals surface area contributed by atoms with Crippen molar-refractivity contribution in [3.8, 4) is 5.75 Å². The van der Waals surface area contributed by atoms with Crippen molar-refractivity contribution in [1.82, 2.24) is 0 Å². The Hall–Kier alpha value is -0.980. The van der Waals surface area contributed by atoms with Crippen LogP contribution in [0.5, 0.6) is 5.75 Å². The highest BCUT2D eigenvalue weighted by molar-refractivity contribution is 7.92. The Kier molecular flexibility index (Phi) is 6.41. The van der Waals surface area contributed by atoms with Gasteiger partial charge in [-0.05, 0) is 25.1 Å². The summed E-state index contributed by atoms with van der Waals surface area (Å²) >= 11 is 5.82. The number of methoxy groups -OCH3 is 1. The van der Waals surface area contributed by atoms with Crippen LogP contribution in [0.3, 0.4) is 0 Å². The predicted octanol–water partition coefficient (Wildman–Crippen LogP) is 2.21. The molecule has 0 radical (unpaired) electrons. The van der Waals surface area contributed by atoms with E-state index in [4.69, 9.17) is 21.1 Å². The molecule has 0 spiro atoms. The maximum absolute atomic E-state index is 11.7. The van der Waals surface area contributed by atoms with Gasteiger partial charge in [-0.2, -0.15) is 0 Å². The lowest BCUT2D eigenvalue weighted by molar-refractivity contribution is 0.217. The van der Waals surface area contributed by atoms with E-state index < -0.39 is 10.0 Å². The molecule has 0 saturated heterocycles. The van der Waals surface area contributed by atoms with Crippen LogP contribution in [0.15, 0.2) is 18.2 Å². The number of hydrogen-bond donors (Lipinski definition) is 1. The number of rotatable bonds is 8. The average molecular weight is 308 g/mol. The molecule has 108 valence electrons. The standard InChI is InChI=1S/C12H18ClNO4S/c1-3-18-12-5-4-11(8-10(12)9-13)14-19(15,16)7-6-17-2/h4-5,8,14H,3,6-7,9H2,1-2H3. The second kappa shape index (κ2) is 7.57. The topological polar surface area (TPSA) is 64.6 Å². The maximum atomic E-state index is 11.7. The summed E-state index contributed by atoms with van der Waals surface area (Å²) in [5, 5.41) is 0. The molecule has 0 atom stereocenters. The number of anilines is 1. The first-order chi connectivity index (χ1) is 9.02. The molecule has 1 aromatic carbocycles. The minimum Gasteiger partial charge on any atom is -0.494 e. The molecule has 0 bridgehead atoms. The highest BCUT2D eigenvalue weighted by Gasteiger charge is 2.11. The lowest BCUT2D eigenvalue weighted by atomic mass is 10.2. The molecule has 0 aromatic heterocycles. The van der Waals surface area contributed by atoms with Crippen molar-refractivity contribution in [2.45, 2.75) is 12.8 Å². The van der Waals surface area contributed by atoms with Gasteiger partial charge in [0.25, 0.3) is 0 Å². The minimum absolute atomic E-state index is 0.0904. The molecule has 0 aliphatic carbocycles. The second-order valence-electron chi connectivity index (χ2n) is 3.80. The number of alkyl halides is 1. The van der Waals surface area contributed by atoms with Crippen LogP contribution in [-0.2, 0) is 20.6 Å². The largest absolute Gasteiger partial charge is 0.494 e. The zero-order valence-corrected chi connectivity index (χ0v) is 12.6. The predicted molar refractivity (Wildman–Crippen MR) is 76.5 cm³/mol. The van der Waals surface area contributed by atoms with E-state index in [-0.39, 0.29) is 18.2 Å². The van der Waals surface area contributed by atoms with E-state index in [2.05, 4.69) is 4.72 Å². The maximum Gasteiger partial charge on any atom is 0.234 e. The van der Waals surface area contributed by atoms with Gasteiger partial charge in [0.2, 0.25) is 10.0 Å². The number of benzene rings is 1. The summed E-state index contributed by atoms with van der Waals surface area (Å²) in [6.45, 7) is 2.55.